The second-order valence-corrected chi connectivity index (χ2v) is 5.62. The predicted molar refractivity (Wildman–Crippen MR) is 100 cm³/mol. The van der Waals surface area contributed by atoms with Crippen LogP contribution < -0.4 is 9.47 Å². The number of hydrogen-bond acceptors (Lipinski definition) is 3. The lowest BCUT2D eigenvalue weighted by molar-refractivity contribution is -0.131. The van der Waals surface area contributed by atoms with Gasteiger partial charge in [0, 0.05) is 6.08 Å². The van der Waals surface area contributed by atoms with Crippen LogP contribution in [0.25, 0.3) is 17.2 Å². The smallest absolute Gasteiger partial charge is 0.328 e. The third-order valence-electron chi connectivity index (χ3n) is 3.54. The van der Waals surface area contributed by atoms with Crippen molar-refractivity contribution in [3.05, 3.63) is 54.1 Å². The largest absolute Gasteiger partial charge is 0.490 e. The van der Waals surface area contributed by atoms with Crippen molar-refractivity contribution in [2.45, 2.75) is 26.7 Å². The highest BCUT2D eigenvalue weighted by Crippen LogP contribution is 2.34. The van der Waals surface area contributed by atoms with E-state index in [1.165, 1.54) is 0 Å². The molecule has 1 N–H and O–H groups in total. The summed E-state index contributed by atoms with van der Waals surface area (Å²) in [5, 5.41) is 8.87. The van der Waals surface area contributed by atoms with E-state index in [1.54, 1.807) is 6.08 Å². The normalized spacial score (nSPS) is 10.8. The molecule has 0 spiro atoms. The van der Waals surface area contributed by atoms with E-state index in [2.05, 4.69) is 13.8 Å². The van der Waals surface area contributed by atoms with E-state index in [0.29, 0.717) is 19.0 Å². The van der Waals surface area contributed by atoms with Crippen LogP contribution in [0.1, 0.15) is 32.3 Å². The Morgan fingerprint density at radius 1 is 1.00 bits per heavy atom. The van der Waals surface area contributed by atoms with Gasteiger partial charge in [0.25, 0.3) is 0 Å². The fourth-order valence-corrected chi connectivity index (χ4v) is 2.40. The van der Waals surface area contributed by atoms with Gasteiger partial charge in [0.05, 0.1) is 13.2 Å². The second-order valence-electron chi connectivity index (χ2n) is 5.62. The third-order valence-corrected chi connectivity index (χ3v) is 3.54. The third kappa shape index (κ3) is 5.38. The maximum absolute atomic E-state index is 10.8. The second kappa shape index (κ2) is 9.52. The van der Waals surface area contributed by atoms with Crippen LogP contribution in [0.3, 0.4) is 0 Å². The van der Waals surface area contributed by atoms with E-state index in [0.717, 1.165) is 41.4 Å². The lowest BCUT2D eigenvalue weighted by Crippen LogP contribution is -2.01. The molecule has 0 bridgehead atoms. The Bertz CT molecular complexity index is 734. The van der Waals surface area contributed by atoms with Crippen LogP contribution in [0.5, 0.6) is 11.5 Å². The van der Waals surface area contributed by atoms with Gasteiger partial charge in [-0.1, -0.05) is 44.2 Å². The summed E-state index contributed by atoms with van der Waals surface area (Å²) in [6, 6.07) is 13.5. The minimum Gasteiger partial charge on any atom is -0.490 e. The standard InChI is InChI=1S/C21H24O4/c1-3-13-24-19-11-9-17(15-20(19)25-14-4-2)18-8-6-5-7-16(18)10-12-21(22)23/h5-12,15H,3-4,13-14H2,1-2H3,(H,22,23)/b12-10+. The summed E-state index contributed by atoms with van der Waals surface area (Å²) in [5.41, 5.74) is 2.75. The average Bonchev–Trinajstić information content (AvgIpc) is 2.63. The van der Waals surface area contributed by atoms with E-state index < -0.39 is 5.97 Å². The minimum absolute atomic E-state index is 0.618. The van der Waals surface area contributed by atoms with E-state index in [4.69, 9.17) is 14.6 Å². The average molecular weight is 340 g/mol. The molecule has 4 nitrogen and oxygen atoms in total. The van der Waals surface area contributed by atoms with Gasteiger partial charge in [-0.05, 0) is 47.7 Å². The van der Waals surface area contributed by atoms with Crippen LogP contribution in [0, 0.1) is 0 Å². The summed E-state index contributed by atoms with van der Waals surface area (Å²) >= 11 is 0. The number of ether oxygens (including phenoxy) is 2. The fraction of sp³-hybridized carbons (Fsp3) is 0.286. The van der Waals surface area contributed by atoms with Crippen molar-refractivity contribution in [1.29, 1.82) is 0 Å². The molecule has 0 aliphatic carbocycles. The number of benzene rings is 2. The molecule has 0 saturated heterocycles. The molecular weight excluding hydrogens is 316 g/mol. The van der Waals surface area contributed by atoms with Gasteiger partial charge < -0.3 is 14.6 Å². The Morgan fingerprint density at radius 3 is 2.36 bits per heavy atom. The van der Waals surface area contributed by atoms with E-state index in [-0.39, 0.29) is 0 Å². The molecule has 0 radical (unpaired) electrons. The molecule has 2 aromatic rings. The number of aliphatic carboxylic acids is 1. The summed E-state index contributed by atoms with van der Waals surface area (Å²) in [4.78, 5) is 10.8. The number of carboxylic acid groups (broad SMARTS) is 1. The highest BCUT2D eigenvalue weighted by Gasteiger charge is 2.10. The molecule has 25 heavy (non-hydrogen) atoms. The first-order chi connectivity index (χ1) is 12.2. The van der Waals surface area contributed by atoms with Crippen molar-refractivity contribution in [3.63, 3.8) is 0 Å². The maximum atomic E-state index is 10.8. The Morgan fingerprint density at radius 2 is 1.68 bits per heavy atom. The van der Waals surface area contributed by atoms with Crippen LogP contribution in [0.15, 0.2) is 48.5 Å². The molecule has 2 rings (SSSR count). The Kier molecular flexibility index (Phi) is 7.08. The highest BCUT2D eigenvalue weighted by molar-refractivity contribution is 5.88. The van der Waals surface area contributed by atoms with Crippen LogP contribution in [0.4, 0.5) is 0 Å². The molecule has 2 aromatic carbocycles. The monoisotopic (exact) mass is 340 g/mol. The molecule has 0 aliphatic heterocycles. The van der Waals surface area contributed by atoms with Gasteiger partial charge in [-0.3, -0.25) is 0 Å². The van der Waals surface area contributed by atoms with Crippen LogP contribution in [0.2, 0.25) is 0 Å². The van der Waals surface area contributed by atoms with Gasteiger partial charge in [-0.25, -0.2) is 4.79 Å². The Hall–Kier alpha value is -2.75. The van der Waals surface area contributed by atoms with Crippen molar-refractivity contribution < 1.29 is 19.4 Å². The number of rotatable bonds is 9. The van der Waals surface area contributed by atoms with Crippen molar-refractivity contribution in [1.82, 2.24) is 0 Å². The van der Waals surface area contributed by atoms with Crippen molar-refractivity contribution >= 4 is 12.0 Å². The molecule has 0 fully saturated rings. The molecule has 0 aliphatic rings. The first-order valence-corrected chi connectivity index (χ1v) is 8.55. The van der Waals surface area contributed by atoms with Crippen molar-refractivity contribution in [2.75, 3.05) is 13.2 Å². The first-order valence-electron chi connectivity index (χ1n) is 8.55. The summed E-state index contributed by atoms with van der Waals surface area (Å²) < 4.78 is 11.6. The summed E-state index contributed by atoms with van der Waals surface area (Å²) in [5.74, 6) is 0.479. The SMILES string of the molecule is CCCOc1ccc(-c2ccccc2/C=C/C(=O)O)cc1OCCC. The van der Waals surface area contributed by atoms with Crippen LogP contribution >= 0.6 is 0 Å². The van der Waals surface area contributed by atoms with Crippen molar-refractivity contribution in [3.8, 4) is 22.6 Å². The molecule has 0 heterocycles. The molecule has 0 amide bonds. The van der Waals surface area contributed by atoms with Crippen LogP contribution in [-0.4, -0.2) is 24.3 Å². The lowest BCUT2D eigenvalue weighted by atomic mass is 9.99. The maximum Gasteiger partial charge on any atom is 0.328 e. The molecule has 132 valence electrons. The van der Waals surface area contributed by atoms with Gasteiger partial charge in [0.1, 0.15) is 0 Å². The summed E-state index contributed by atoms with van der Waals surface area (Å²) in [6.45, 7) is 5.38. The zero-order valence-electron chi connectivity index (χ0n) is 14.7. The van der Waals surface area contributed by atoms with Gasteiger partial charge in [-0.15, -0.1) is 0 Å². The van der Waals surface area contributed by atoms with Crippen LogP contribution in [-0.2, 0) is 4.79 Å². The quantitative estimate of drug-likeness (QED) is 0.651. The molecule has 0 unspecified atom stereocenters. The highest BCUT2D eigenvalue weighted by atomic mass is 16.5. The topological polar surface area (TPSA) is 55.8 Å². The van der Waals surface area contributed by atoms with Gasteiger partial charge >= 0.3 is 5.97 Å². The zero-order chi connectivity index (χ0) is 18.1. The zero-order valence-corrected chi connectivity index (χ0v) is 14.7. The molecule has 0 saturated carbocycles. The van der Waals surface area contributed by atoms with E-state index >= 15 is 0 Å². The van der Waals surface area contributed by atoms with Gasteiger partial charge in [0.2, 0.25) is 0 Å². The lowest BCUT2D eigenvalue weighted by Gasteiger charge is -2.14. The fourth-order valence-electron chi connectivity index (χ4n) is 2.40. The molecule has 4 heteroatoms. The molecule has 0 atom stereocenters. The minimum atomic E-state index is -0.968. The number of carbonyl (C=O) groups is 1. The molecule has 0 aromatic heterocycles. The Balaban J connectivity index is 2.40. The Labute approximate surface area is 148 Å². The van der Waals surface area contributed by atoms with E-state index in [1.807, 2.05) is 42.5 Å². The van der Waals surface area contributed by atoms with Crippen molar-refractivity contribution in [2.24, 2.45) is 0 Å². The number of hydrogen-bond donors (Lipinski definition) is 1. The van der Waals surface area contributed by atoms with E-state index in [9.17, 15) is 4.79 Å². The van der Waals surface area contributed by atoms with Gasteiger partial charge in [-0.2, -0.15) is 0 Å². The molecular formula is C21H24O4. The number of carboxylic acids is 1. The van der Waals surface area contributed by atoms with Gasteiger partial charge in [0.15, 0.2) is 11.5 Å². The summed E-state index contributed by atoms with van der Waals surface area (Å²) in [6.07, 6.45) is 4.59. The predicted octanol–water partition coefficient (Wildman–Crippen LogP) is 5.03. The first kappa shape index (κ1) is 18.6. The summed E-state index contributed by atoms with van der Waals surface area (Å²) in [7, 11) is 0.